The molecule has 88 valence electrons. The average molecular weight is 213 g/mol. The lowest BCUT2D eigenvalue weighted by Gasteiger charge is -2.38. The molecular weight excluding hydrogens is 190 g/mol. The van der Waals surface area contributed by atoms with Crippen molar-refractivity contribution in [3.63, 3.8) is 0 Å². The number of hydrogen-bond acceptors (Lipinski definition) is 4. The molecule has 2 unspecified atom stereocenters. The minimum atomic E-state index is 0.277. The van der Waals surface area contributed by atoms with Gasteiger partial charge in [-0.1, -0.05) is 0 Å². The summed E-state index contributed by atoms with van der Waals surface area (Å²) in [6.07, 6.45) is 2.88. The van der Waals surface area contributed by atoms with Crippen LogP contribution in [-0.4, -0.2) is 42.8 Å². The van der Waals surface area contributed by atoms with E-state index in [9.17, 15) is 0 Å². The maximum atomic E-state index is 5.83. The quantitative estimate of drug-likeness (QED) is 0.522. The number of rotatable bonds is 4. The standard InChI is InChI=1S/C11H23N3O/c1-8(2)14-5-6-15-10(7-14)11(13-12)9-3-4-9/h8-11,13H,3-7,12H2,1-2H3. The summed E-state index contributed by atoms with van der Waals surface area (Å²) in [5, 5.41) is 0. The fraction of sp³-hybridized carbons (Fsp3) is 1.00. The van der Waals surface area contributed by atoms with E-state index in [4.69, 9.17) is 10.6 Å². The highest BCUT2D eigenvalue weighted by Gasteiger charge is 2.38. The van der Waals surface area contributed by atoms with Gasteiger partial charge in [0.05, 0.1) is 18.8 Å². The smallest absolute Gasteiger partial charge is 0.0871 e. The van der Waals surface area contributed by atoms with Gasteiger partial charge in [0.2, 0.25) is 0 Å². The van der Waals surface area contributed by atoms with Crippen molar-refractivity contribution in [2.75, 3.05) is 19.7 Å². The highest BCUT2D eigenvalue weighted by atomic mass is 16.5. The first-order valence-electron chi connectivity index (χ1n) is 6.04. The van der Waals surface area contributed by atoms with Gasteiger partial charge in [-0.15, -0.1) is 0 Å². The minimum absolute atomic E-state index is 0.277. The van der Waals surface area contributed by atoms with Crippen LogP contribution in [0.25, 0.3) is 0 Å². The van der Waals surface area contributed by atoms with E-state index in [1.807, 2.05) is 0 Å². The molecule has 0 bridgehead atoms. The second-order valence-electron chi connectivity index (χ2n) is 5.03. The molecule has 0 radical (unpaired) electrons. The van der Waals surface area contributed by atoms with Gasteiger partial charge in [-0.05, 0) is 32.6 Å². The Morgan fingerprint density at radius 3 is 2.67 bits per heavy atom. The zero-order chi connectivity index (χ0) is 10.8. The molecule has 0 aromatic carbocycles. The van der Waals surface area contributed by atoms with Crippen LogP contribution in [0.5, 0.6) is 0 Å². The first-order valence-corrected chi connectivity index (χ1v) is 6.04. The van der Waals surface area contributed by atoms with Crippen molar-refractivity contribution in [2.45, 2.75) is 44.9 Å². The van der Waals surface area contributed by atoms with E-state index in [0.717, 1.165) is 25.6 Å². The van der Waals surface area contributed by atoms with E-state index in [1.54, 1.807) is 0 Å². The summed E-state index contributed by atoms with van der Waals surface area (Å²) in [4.78, 5) is 2.47. The number of morpholine rings is 1. The summed E-state index contributed by atoms with van der Waals surface area (Å²) >= 11 is 0. The number of nitrogens with one attached hydrogen (secondary N) is 1. The van der Waals surface area contributed by atoms with Crippen LogP contribution in [0, 0.1) is 5.92 Å². The van der Waals surface area contributed by atoms with Crippen LogP contribution in [0.15, 0.2) is 0 Å². The van der Waals surface area contributed by atoms with Crippen LogP contribution in [0.2, 0.25) is 0 Å². The van der Waals surface area contributed by atoms with Crippen molar-refractivity contribution in [1.82, 2.24) is 10.3 Å². The minimum Gasteiger partial charge on any atom is -0.374 e. The number of hydrazine groups is 1. The van der Waals surface area contributed by atoms with Crippen LogP contribution in [0.4, 0.5) is 0 Å². The Labute approximate surface area is 92.1 Å². The van der Waals surface area contributed by atoms with E-state index in [-0.39, 0.29) is 6.10 Å². The number of ether oxygens (including phenoxy) is 1. The van der Waals surface area contributed by atoms with Crippen LogP contribution < -0.4 is 11.3 Å². The average Bonchev–Trinajstić information content (AvgIpc) is 3.04. The molecule has 0 amide bonds. The number of nitrogens with two attached hydrogens (primary N) is 1. The normalized spacial score (nSPS) is 30.8. The molecule has 3 N–H and O–H groups in total. The predicted molar refractivity (Wildman–Crippen MR) is 60.3 cm³/mol. The molecule has 1 aliphatic carbocycles. The summed E-state index contributed by atoms with van der Waals surface area (Å²) in [5.41, 5.74) is 2.94. The lowest BCUT2D eigenvalue weighted by molar-refractivity contribution is -0.0588. The van der Waals surface area contributed by atoms with E-state index < -0.39 is 0 Å². The third-order valence-electron chi connectivity index (χ3n) is 3.58. The van der Waals surface area contributed by atoms with E-state index in [0.29, 0.717) is 12.1 Å². The van der Waals surface area contributed by atoms with Gasteiger partial charge in [0.25, 0.3) is 0 Å². The fourth-order valence-electron chi connectivity index (χ4n) is 2.39. The molecule has 0 spiro atoms. The zero-order valence-electron chi connectivity index (χ0n) is 9.78. The van der Waals surface area contributed by atoms with E-state index >= 15 is 0 Å². The maximum absolute atomic E-state index is 5.83. The largest absolute Gasteiger partial charge is 0.374 e. The predicted octanol–water partition coefficient (Wildman–Crippen LogP) is 0.338. The Morgan fingerprint density at radius 2 is 2.13 bits per heavy atom. The van der Waals surface area contributed by atoms with Crippen LogP contribution in [-0.2, 0) is 4.74 Å². The fourth-order valence-corrected chi connectivity index (χ4v) is 2.39. The third-order valence-corrected chi connectivity index (χ3v) is 3.58. The summed E-state index contributed by atoms with van der Waals surface area (Å²) in [6.45, 7) is 7.39. The van der Waals surface area contributed by atoms with Gasteiger partial charge in [-0.2, -0.15) is 0 Å². The van der Waals surface area contributed by atoms with Gasteiger partial charge in [-0.3, -0.25) is 16.2 Å². The molecule has 1 heterocycles. The van der Waals surface area contributed by atoms with Gasteiger partial charge in [0.15, 0.2) is 0 Å². The molecule has 1 aliphatic heterocycles. The lowest BCUT2D eigenvalue weighted by Crippen LogP contribution is -2.56. The highest BCUT2D eigenvalue weighted by molar-refractivity contribution is 4.93. The molecule has 4 nitrogen and oxygen atoms in total. The first kappa shape index (κ1) is 11.3. The van der Waals surface area contributed by atoms with Crippen molar-refractivity contribution in [3.8, 4) is 0 Å². The summed E-state index contributed by atoms with van der Waals surface area (Å²) in [6, 6.07) is 0.959. The summed E-state index contributed by atoms with van der Waals surface area (Å²) in [5.74, 6) is 6.36. The number of hydrogen-bond donors (Lipinski definition) is 2. The molecule has 2 rings (SSSR count). The van der Waals surface area contributed by atoms with Crippen molar-refractivity contribution >= 4 is 0 Å². The van der Waals surface area contributed by atoms with Crippen LogP contribution in [0.3, 0.4) is 0 Å². The second-order valence-corrected chi connectivity index (χ2v) is 5.03. The Kier molecular flexibility index (Phi) is 3.61. The molecule has 2 atom stereocenters. The van der Waals surface area contributed by atoms with Gasteiger partial charge < -0.3 is 4.74 Å². The Bertz CT molecular complexity index is 206. The lowest BCUT2D eigenvalue weighted by atomic mass is 10.0. The number of nitrogens with zero attached hydrogens (tertiary/aromatic N) is 1. The molecule has 1 saturated heterocycles. The first-order chi connectivity index (χ1) is 7.22. The second kappa shape index (κ2) is 4.78. The van der Waals surface area contributed by atoms with Crippen molar-refractivity contribution in [3.05, 3.63) is 0 Å². The Balaban J connectivity index is 1.90. The Hall–Kier alpha value is -0.160. The Morgan fingerprint density at radius 1 is 1.40 bits per heavy atom. The molecule has 0 aromatic heterocycles. The van der Waals surface area contributed by atoms with Crippen molar-refractivity contribution in [1.29, 1.82) is 0 Å². The molecule has 2 aliphatic rings. The van der Waals surface area contributed by atoms with Crippen LogP contribution in [0.1, 0.15) is 26.7 Å². The summed E-state index contributed by atoms with van der Waals surface area (Å²) < 4.78 is 5.83. The molecule has 1 saturated carbocycles. The SMILES string of the molecule is CC(C)N1CCOC(C(NN)C2CC2)C1. The van der Waals surface area contributed by atoms with E-state index in [1.165, 1.54) is 12.8 Å². The molecular formula is C11H23N3O. The van der Waals surface area contributed by atoms with Gasteiger partial charge in [0, 0.05) is 19.1 Å². The zero-order valence-corrected chi connectivity index (χ0v) is 9.78. The molecule has 15 heavy (non-hydrogen) atoms. The van der Waals surface area contributed by atoms with Gasteiger partial charge in [-0.25, -0.2) is 0 Å². The molecule has 4 heteroatoms. The monoisotopic (exact) mass is 213 g/mol. The third kappa shape index (κ3) is 2.69. The summed E-state index contributed by atoms with van der Waals surface area (Å²) in [7, 11) is 0. The van der Waals surface area contributed by atoms with Gasteiger partial charge >= 0.3 is 0 Å². The topological polar surface area (TPSA) is 50.5 Å². The van der Waals surface area contributed by atoms with Crippen molar-refractivity contribution in [2.24, 2.45) is 11.8 Å². The molecule has 0 aromatic rings. The molecule has 2 fully saturated rings. The van der Waals surface area contributed by atoms with E-state index in [2.05, 4.69) is 24.2 Å². The van der Waals surface area contributed by atoms with Crippen molar-refractivity contribution < 1.29 is 4.74 Å². The van der Waals surface area contributed by atoms with Gasteiger partial charge in [0.1, 0.15) is 0 Å². The maximum Gasteiger partial charge on any atom is 0.0871 e. The van der Waals surface area contributed by atoms with Crippen LogP contribution >= 0.6 is 0 Å². The highest BCUT2D eigenvalue weighted by Crippen LogP contribution is 2.35.